The average molecular weight is 250 g/mol. The van der Waals surface area contributed by atoms with Gasteiger partial charge in [0.15, 0.2) is 0 Å². The van der Waals surface area contributed by atoms with E-state index in [1.165, 1.54) is 19.4 Å². The molecule has 0 aromatic rings. The second-order valence-electron chi connectivity index (χ2n) is 5.58. The van der Waals surface area contributed by atoms with E-state index in [-0.39, 0.29) is 5.54 Å². The molecule has 2 saturated heterocycles. The number of hydrogen-bond acceptors (Lipinski definition) is 4. The summed E-state index contributed by atoms with van der Waals surface area (Å²) in [6, 6.07) is 2.65. The highest BCUT2D eigenvalue weighted by atomic mass is 15.2. The second-order valence-corrected chi connectivity index (χ2v) is 5.58. The lowest BCUT2D eigenvalue weighted by Crippen LogP contribution is -2.55. The number of nitrogens with zero attached hydrogens (tertiary/aromatic N) is 3. The summed E-state index contributed by atoms with van der Waals surface area (Å²) in [6.07, 6.45) is 4.42. The van der Waals surface area contributed by atoms with Crippen LogP contribution in [-0.2, 0) is 0 Å². The van der Waals surface area contributed by atoms with Crippen molar-refractivity contribution in [3.8, 4) is 6.07 Å². The van der Waals surface area contributed by atoms with Gasteiger partial charge in [-0.05, 0) is 38.8 Å². The summed E-state index contributed by atoms with van der Waals surface area (Å²) in [5, 5.41) is 13.1. The van der Waals surface area contributed by atoms with Gasteiger partial charge in [-0.1, -0.05) is 6.92 Å². The van der Waals surface area contributed by atoms with Gasteiger partial charge in [0, 0.05) is 32.7 Å². The molecule has 102 valence electrons. The molecule has 4 heteroatoms. The molecule has 18 heavy (non-hydrogen) atoms. The molecule has 0 bridgehead atoms. The first-order valence-corrected chi connectivity index (χ1v) is 7.40. The van der Waals surface area contributed by atoms with Gasteiger partial charge in [0.2, 0.25) is 0 Å². The molecule has 2 fully saturated rings. The summed E-state index contributed by atoms with van der Waals surface area (Å²) in [5.41, 5.74) is -0.184. The Morgan fingerprint density at radius 3 is 2.61 bits per heavy atom. The fourth-order valence-corrected chi connectivity index (χ4v) is 3.24. The molecule has 0 amide bonds. The predicted octanol–water partition coefficient (Wildman–Crippen LogP) is 1.05. The first kappa shape index (κ1) is 13.8. The molecule has 0 aliphatic carbocycles. The van der Waals surface area contributed by atoms with Crippen molar-refractivity contribution in [2.45, 2.75) is 38.1 Å². The smallest absolute Gasteiger partial charge is 0.111 e. The lowest BCUT2D eigenvalue weighted by atomic mass is 9.86. The van der Waals surface area contributed by atoms with Crippen LogP contribution in [0.15, 0.2) is 0 Å². The third kappa shape index (κ3) is 3.03. The van der Waals surface area contributed by atoms with E-state index in [4.69, 9.17) is 0 Å². The van der Waals surface area contributed by atoms with Crippen LogP contribution < -0.4 is 5.32 Å². The Labute approximate surface area is 111 Å². The highest BCUT2D eigenvalue weighted by Crippen LogP contribution is 2.29. The molecular formula is C14H26N4. The zero-order chi connectivity index (χ0) is 12.8. The van der Waals surface area contributed by atoms with Gasteiger partial charge in [-0.25, -0.2) is 0 Å². The van der Waals surface area contributed by atoms with Crippen LogP contribution in [0.4, 0.5) is 0 Å². The van der Waals surface area contributed by atoms with Crippen LogP contribution in [-0.4, -0.2) is 61.2 Å². The van der Waals surface area contributed by atoms with Gasteiger partial charge in [0.1, 0.15) is 5.54 Å². The Kier molecular flexibility index (Phi) is 4.99. The third-order valence-electron chi connectivity index (χ3n) is 4.38. The maximum absolute atomic E-state index is 9.67. The van der Waals surface area contributed by atoms with Crippen molar-refractivity contribution in [2.24, 2.45) is 0 Å². The van der Waals surface area contributed by atoms with Gasteiger partial charge in [0.25, 0.3) is 0 Å². The van der Waals surface area contributed by atoms with Crippen molar-refractivity contribution in [2.75, 3.05) is 45.8 Å². The molecule has 4 nitrogen and oxygen atoms in total. The van der Waals surface area contributed by atoms with Gasteiger partial charge in [-0.15, -0.1) is 0 Å². The van der Waals surface area contributed by atoms with E-state index in [0.29, 0.717) is 0 Å². The first-order chi connectivity index (χ1) is 8.80. The van der Waals surface area contributed by atoms with E-state index in [0.717, 1.165) is 52.1 Å². The molecule has 0 aromatic heterocycles. The van der Waals surface area contributed by atoms with Crippen LogP contribution in [0.2, 0.25) is 0 Å². The minimum absolute atomic E-state index is 0.184. The molecule has 0 radical (unpaired) electrons. The largest absolute Gasteiger partial charge is 0.315 e. The summed E-state index contributed by atoms with van der Waals surface area (Å²) >= 11 is 0. The van der Waals surface area contributed by atoms with Gasteiger partial charge in [-0.3, -0.25) is 4.90 Å². The van der Waals surface area contributed by atoms with Crippen LogP contribution in [0.3, 0.4) is 0 Å². The standard InChI is InChI=1S/C14H26N4/c1-2-8-17-10-4-14(13-15,5-11-17)18-9-3-6-16-7-12-18/h16H,2-12H2,1H3. The Bertz CT molecular complexity index is 281. The van der Waals surface area contributed by atoms with E-state index in [1.54, 1.807) is 0 Å². The summed E-state index contributed by atoms with van der Waals surface area (Å²) in [5.74, 6) is 0. The molecule has 2 heterocycles. The maximum atomic E-state index is 9.67. The Hall–Kier alpha value is -0.630. The number of likely N-dealkylation sites (tertiary alicyclic amines) is 1. The molecule has 0 saturated carbocycles. The van der Waals surface area contributed by atoms with Crippen molar-refractivity contribution in [1.82, 2.24) is 15.1 Å². The molecule has 0 aromatic carbocycles. The third-order valence-corrected chi connectivity index (χ3v) is 4.38. The Morgan fingerprint density at radius 2 is 1.94 bits per heavy atom. The summed E-state index contributed by atoms with van der Waals surface area (Å²) in [6.45, 7) is 9.82. The fraction of sp³-hybridized carbons (Fsp3) is 0.929. The fourth-order valence-electron chi connectivity index (χ4n) is 3.24. The average Bonchev–Trinajstić information content (AvgIpc) is 2.70. The topological polar surface area (TPSA) is 42.3 Å². The molecule has 0 atom stereocenters. The van der Waals surface area contributed by atoms with E-state index < -0.39 is 0 Å². The van der Waals surface area contributed by atoms with Crippen LogP contribution in [0.5, 0.6) is 0 Å². The highest BCUT2D eigenvalue weighted by molar-refractivity contribution is 5.11. The molecule has 2 rings (SSSR count). The van der Waals surface area contributed by atoms with Gasteiger partial charge >= 0.3 is 0 Å². The quantitative estimate of drug-likeness (QED) is 0.813. The van der Waals surface area contributed by atoms with Crippen molar-refractivity contribution < 1.29 is 0 Å². The maximum Gasteiger partial charge on any atom is 0.111 e. The SMILES string of the molecule is CCCN1CCC(C#N)(N2CCCNCC2)CC1. The normalized spacial score (nSPS) is 26.4. The van der Waals surface area contributed by atoms with Crippen LogP contribution in [0.25, 0.3) is 0 Å². The molecule has 2 aliphatic heterocycles. The van der Waals surface area contributed by atoms with Crippen molar-refractivity contribution in [1.29, 1.82) is 5.26 Å². The van der Waals surface area contributed by atoms with Gasteiger partial charge in [-0.2, -0.15) is 5.26 Å². The van der Waals surface area contributed by atoms with E-state index in [2.05, 4.69) is 28.1 Å². The van der Waals surface area contributed by atoms with Crippen molar-refractivity contribution in [3.05, 3.63) is 0 Å². The zero-order valence-corrected chi connectivity index (χ0v) is 11.6. The van der Waals surface area contributed by atoms with Gasteiger partial charge < -0.3 is 10.2 Å². The lowest BCUT2D eigenvalue weighted by molar-refractivity contribution is 0.0654. The van der Waals surface area contributed by atoms with Gasteiger partial charge in [0.05, 0.1) is 6.07 Å². The van der Waals surface area contributed by atoms with E-state index in [9.17, 15) is 5.26 Å². The number of nitrogens with one attached hydrogen (secondary N) is 1. The highest BCUT2D eigenvalue weighted by Gasteiger charge is 2.39. The molecule has 1 N–H and O–H groups in total. The minimum atomic E-state index is -0.184. The first-order valence-electron chi connectivity index (χ1n) is 7.40. The van der Waals surface area contributed by atoms with Crippen LogP contribution in [0, 0.1) is 11.3 Å². The summed E-state index contributed by atoms with van der Waals surface area (Å²) in [7, 11) is 0. The van der Waals surface area contributed by atoms with E-state index in [1.807, 2.05) is 0 Å². The Morgan fingerprint density at radius 1 is 1.17 bits per heavy atom. The molecule has 0 unspecified atom stereocenters. The summed E-state index contributed by atoms with van der Waals surface area (Å²) in [4.78, 5) is 4.95. The van der Waals surface area contributed by atoms with Crippen molar-refractivity contribution >= 4 is 0 Å². The number of hydrogen-bond donors (Lipinski definition) is 1. The Balaban J connectivity index is 1.97. The van der Waals surface area contributed by atoms with Crippen LogP contribution >= 0.6 is 0 Å². The second kappa shape index (κ2) is 6.51. The lowest BCUT2D eigenvalue weighted by Gasteiger charge is -2.44. The molecule has 2 aliphatic rings. The zero-order valence-electron chi connectivity index (χ0n) is 11.6. The predicted molar refractivity (Wildman–Crippen MR) is 73.4 cm³/mol. The number of rotatable bonds is 3. The molecule has 0 spiro atoms. The summed E-state index contributed by atoms with van der Waals surface area (Å²) < 4.78 is 0. The molecular weight excluding hydrogens is 224 g/mol. The monoisotopic (exact) mass is 250 g/mol. The van der Waals surface area contributed by atoms with E-state index >= 15 is 0 Å². The number of piperidine rings is 1. The minimum Gasteiger partial charge on any atom is -0.315 e. The van der Waals surface area contributed by atoms with Crippen molar-refractivity contribution in [3.63, 3.8) is 0 Å². The van der Waals surface area contributed by atoms with Crippen LogP contribution in [0.1, 0.15) is 32.6 Å². The number of nitriles is 1.